The van der Waals surface area contributed by atoms with Crippen molar-refractivity contribution in [2.75, 3.05) is 7.11 Å². The molecule has 0 fully saturated rings. The first-order chi connectivity index (χ1) is 10.3. The Morgan fingerprint density at radius 3 is 2.90 bits per heavy atom. The van der Waals surface area contributed by atoms with E-state index >= 15 is 0 Å². The number of hydrogen-bond acceptors (Lipinski definition) is 4. The average Bonchev–Trinajstić information content (AvgIpc) is 3.08. The predicted molar refractivity (Wildman–Crippen MR) is 80.3 cm³/mol. The van der Waals surface area contributed by atoms with Gasteiger partial charge >= 0.3 is 0 Å². The monoisotopic (exact) mass is 279 g/mol. The molecule has 0 aliphatic heterocycles. The minimum atomic E-state index is 0.733. The molecule has 0 saturated carbocycles. The molecule has 104 valence electrons. The summed E-state index contributed by atoms with van der Waals surface area (Å²) >= 11 is 0. The molecule has 0 saturated heterocycles. The van der Waals surface area contributed by atoms with E-state index in [9.17, 15) is 0 Å². The summed E-state index contributed by atoms with van der Waals surface area (Å²) in [5.74, 6) is 2.29. The van der Waals surface area contributed by atoms with Crippen molar-refractivity contribution >= 4 is 22.0 Å². The first-order valence-electron chi connectivity index (χ1n) is 6.60. The van der Waals surface area contributed by atoms with Gasteiger partial charge in [0, 0.05) is 24.7 Å². The number of benzene rings is 1. The van der Waals surface area contributed by atoms with Gasteiger partial charge in [0.2, 0.25) is 0 Å². The number of fused-ring (bicyclic) bond motifs is 2. The molecule has 3 aromatic heterocycles. The van der Waals surface area contributed by atoms with Gasteiger partial charge < -0.3 is 13.7 Å². The van der Waals surface area contributed by atoms with Crippen LogP contribution in [0.4, 0.5) is 0 Å². The zero-order valence-corrected chi connectivity index (χ0v) is 11.7. The van der Waals surface area contributed by atoms with Crippen LogP contribution in [-0.2, 0) is 7.05 Å². The fraction of sp³-hybridized carbons (Fsp3) is 0.125. The van der Waals surface area contributed by atoms with Gasteiger partial charge in [-0.2, -0.15) is 0 Å². The number of imidazole rings is 1. The molecule has 1 aromatic carbocycles. The zero-order valence-electron chi connectivity index (χ0n) is 11.7. The van der Waals surface area contributed by atoms with Gasteiger partial charge in [-0.1, -0.05) is 0 Å². The molecule has 0 amide bonds. The molecule has 0 radical (unpaired) electrons. The van der Waals surface area contributed by atoms with Gasteiger partial charge in [-0.15, -0.1) is 0 Å². The molecular formula is C16H13N3O2. The standard InChI is InChI=1S/C16H13N3O2/c1-19-13-9-17-6-5-12(13)18-16(19)15-7-10-3-4-11(20-2)8-14(10)21-15/h3-9H,1-2H3. The summed E-state index contributed by atoms with van der Waals surface area (Å²) in [7, 11) is 3.60. The molecule has 0 aliphatic rings. The minimum Gasteiger partial charge on any atom is -0.497 e. The van der Waals surface area contributed by atoms with E-state index in [4.69, 9.17) is 9.15 Å². The molecule has 0 aliphatic carbocycles. The predicted octanol–water partition coefficient (Wildman–Crippen LogP) is 3.39. The van der Waals surface area contributed by atoms with Crippen LogP contribution in [0, 0.1) is 0 Å². The highest BCUT2D eigenvalue weighted by Crippen LogP contribution is 2.30. The first kappa shape index (κ1) is 12.0. The van der Waals surface area contributed by atoms with Gasteiger partial charge in [0.1, 0.15) is 11.3 Å². The second kappa shape index (κ2) is 4.34. The van der Waals surface area contributed by atoms with E-state index in [1.807, 2.05) is 41.9 Å². The van der Waals surface area contributed by atoms with Crippen LogP contribution in [-0.4, -0.2) is 21.6 Å². The van der Waals surface area contributed by atoms with Crippen LogP contribution in [0.5, 0.6) is 5.75 Å². The van der Waals surface area contributed by atoms with Gasteiger partial charge in [-0.05, 0) is 24.3 Å². The Hall–Kier alpha value is -2.82. The molecular weight excluding hydrogens is 266 g/mol. The van der Waals surface area contributed by atoms with Crippen LogP contribution in [0.3, 0.4) is 0 Å². The minimum absolute atomic E-state index is 0.733. The van der Waals surface area contributed by atoms with Crippen LogP contribution >= 0.6 is 0 Å². The lowest BCUT2D eigenvalue weighted by Crippen LogP contribution is -1.91. The van der Waals surface area contributed by atoms with E-state index in [0.29, 0.717) is 0 Å². The summed E-state index contributed by atoms with van der Waals surface area (Å²) in [5.41, 5.74) is 2.67. The second-order valence-electron chi connectivity index (χ2n) is 4.87. The van der Waals surface area contributed by atoms with Crippen molar-refractivity contribution in [2.24, 2.45) is 7.05 Å². The summed E-state index contributed by atoms with van der Waals surface area (Å²) in [5, 5.41) is 1.02. The molecule has 5 nitrogen and oxygen atoms in total. The maximum atomic E-state index is 5.92. The maximum Gasteiger partial charge on any atom is 0.177 e. The summed E-state index contributed by atoms with van der Waals surface area (Å²) in [6.45, 7) is 0. The largest absolute Gasteiger partial charge is 0.497 e. The fourth-order valence-electron chi connectivity index (χ4n) is 2.50. The number of ether oxygens (including phenoxy) is 1. The van der Waals surface area contributed by atoms with Crippen molar-refractivity contribution < 1.29 is 9.15 Å². The third kappa shape index (κ3) is 1.78. The molecule has 0 atom stereocenters. The molecule has 21 heavy (non-hydrogen) atoms. The van der Waals surface area contributed by atoms with E-state index in [2.05, 4.69) is 9.97 Å². The van der Waals surface area contributed by atoms with E-state index in [0.717, 1.165) is 39.3 Å². The van der Waals surface area contributed by atoms with Crippen molar-refractivity contribution in [1.29, 1.82) is 0 Å². The van der Waals surface area contributed by atoms with Crippen molar-refractivity contribution in [3.8, 4) is 17.3 Å². The van der Waals surface area contributed by atoms with E-state index in [1.54, 1.807) is 19.5 Å². The first-order valence-corrected chi connectivity index (χ1v) is 6.60. The summed E-state index contributed by atoms with van der Waals surface area (Å²) in [6.07, 6.45) is 3.54. The number of aromatic nitrogens is 3. The Balaban J connectivity index is 1.93. The molecule has 0 N–H and O–H groups in total. The smallest absolute Gasteiger partial charge is 0.177 e. The quantitative estimate of drug-likeness (QED) is 0.564. The number of nitrogens with zero attached hydrogens (tertiary/aromatic N) is 3. The zero-order chi connectivity index (χ0) is 14.4. The number of rotatable bonds is 2. The third-order valence-corrected chi connectivity index (χ3v) is 3.63. The van der Waals surface area contributed by atoms with Crippen LogP contribution in [0.25, 0.3) is 33.6 Å². The average molecular weight is 279 g/mol. The Morgan fingerprint density at radius 1 is 1.19 bits per heavy atom. The normalized spacial score (nSPS) is 11.3. The van der Waals surface area contributed by atoms with Crippen molar-refractivity contribution in [1.82, 2.24) is 14.5 Å². The molecule has 3 heterocycles. The lowest BCUT2D eigenvalue weighted by molar-refractivity contribution is 0.414. The molecule has 0 bridgehead atoms. The van der Waals surface area contributed by atoms with Gasteiger partial charge in [0.05, 0.1) is 24.3 Å². The lowest BCUT2D eigenvalue weighted by atomic mass is 10.2. The number of methoxy groups -OCH3 is 1. The Kier molecular flexibility index (Phi) is 2.47. The molecule has 4 aromatic rings. The summed E-state index contributed by atoms with van der Waals surface area (Å²) in [6, 6.07) is 9.66. The van der Waals surface area contributed by atoms with Crippen molar-refractivity contribution in [3.63, 3.8) is 0 Å². The molecule has 0 unspecified atom stereocenters. The maximum absolute atomic E-state index is 5.92. The van der Waals surface area contributed by atoms with Gasteiger partial charge in [-0.25, -0.2) is 4.98 Å². The van der Waals surface area contributed by atoms with Crippen LogP contribution in [0.15, 0.2) is 47.1 Å². The molecule has 5 heteroatoms. The van der Waals surface area contributed by atoms with E-state index in [-0.39, 0.29) is 0 Å². The van der Waals surface area contributed by atoms with E-state index in [1.165, 1.54) is 0 Å². The Morgan fingerprint density at radius 2 is 2.10 bits per heavy atom. The van der Waals surface area contributed by atoms with Gasteiger partial charge in [0.15, 0.2) is 11.6 Å². The Bertz CT molecular complexity index is 953. The van der Waals surface area contributed by atoms with Gasteiger partial charge in [-0.3, -0.25) is 4.98 Å². The summed E-state index contributed by atoms with van der Waals surface area (Å²) < 4.78 is 13.1. The highest BCUT2D eigenvalue weighted by Gasteiger charge is 2.14. The van der Waals surface area contributed by atoms with Crippen molar-refractivity contribution in [2.45, 2.75) is 0 Å². The van der Waals surface area contributed by atoms with Crippen LogP contribution in [0.1, 0.15) is 0 Å². The highest BCUT2D eigenvalue weighted by molar-refractivity contribution is 5.85. The van der Waals surface area contributed by atoms with E-state index < -0.39 is 0 Å². The second-order valence-corrected chi connectivity index (χ2v) is 4.87. The third-order valence-electron chi connectivity index (χ3n) is 3.63. The number of furan rings is 1. The van der Waals surface area contributed by atoms with Gasteiger partial charge in [0.25, 0.3) is 0 Å². The van der Waals surface area contributed by atoms with Crippen molar-refractivity contribution in [3.05, 3.63) is 42.7 Å². The number of aryl methyl sites for hydroxylation is 1. The topological polar surface area (TPSA) is 53.1 Å². The Labute approximate surface area is 120 Å². The SMILES string of the molecule is COc1ccc2cc(-c3nc4ccncc4n3C)oc2c1. The lowest BCUT2D eigenvalue weighted by Gasteiger charge is -1.98. The number of hydrogen-bond donors (Lipinski definition) is 0. The fourth-order valence-corrected chi connectivity index (χ4v) is 2.50. The molecule has 4 rings (SSSR count). The van der Waals surface area contributed by atoms with Crippen LogP contribution < -0.4 is 4.74 Å². The summed E-state index contributed by atoms with van der Waals surface area (Å²) in [4.78, 5) is 8.76. The number of pyridine rings is 1. The van der Waals surface area contributed by atoms with Crippen LogP contribution in [0.2, 0.25) is 0 Å². The highest BCUT2D eigenvalue weighted by atomic mass is 16.5. The molecule has 0 spiro atoms.